The minimum atomic E-state index is -0.128. The Morgan fingerprint density at radius 3 is 2.71 bits per heavy atom. The summed E-state index contributed by atoms with van der Waals surface area (Å²) in [4.78, 5) is 14.0. The van der Waals surface area contributed by atoms with Crippen LogP contribution in [0.25, 0.3) is 0 Å². The van der Waals surface area contributed by atoms with Gasteiger partial charge in [0.15, 0.2) is 10.4 Å². The summed E-state index contributed by atoms with van der Waals surface area (Å²) in [6, 6.07) is 3.61. The van der Waals surface area contributed by atoms with Gasteiger partial charge >= 0.3 is 0 Å². The van der Waals surface area contributed by atoms with Crippen molar-refractivity contribution in [3.05, 3.63) is 22.6 Å². The summed E-state index contributed by atoms with van der Waals surface area (Å²) in [5.41, 5.74) is 0. The minimum Gasteiger partial charge on any atom is -0.444 e. The SMILES string of the molecule is O=C(c1ccc(Br)o1)N(CCO)C1CCCC1. The molecule has 94 valence electrons. The predicted octanol–water partition coefficient (Wildman–Crippen LogP) is 2.42. The van der Waals surface area contributed by atoms with Crippen LogP contribution >= 0.6 is 15.9 Å². The monoisotopic (exact) mass is 301 g/mol. The van der Waals surface area contributed by atoms with E-state index in [1.807, 2.05) is 0 Å². The quantitative estimate of drug-likeness (QED) is 0.929. The van der Waals surface area contributed by atoms with Crippen LogP contribution < -0.4 is 0 Å². The number of carbonyl (C=O) groups is 1. The number of aliphatic hydroxyl groups is 1. The van der Waals surface area contributed by atoms with Crippen LogP contribution in [0.2, 0.25) is 0 Å². The van der Waals surface area contributed by atoms with E-state index < -0.39 is 0 Å². The van der Waals surface area contributed by atoms with Gasteiger partial charge in [-0.1, -0.05) is 12.8 Å². The topological polar surface area (TPSA) is 53.7 Å². The van der Waals surface area contributed by atoms with E-state index in [4.69, 9.17) is 9.52 Å². The molecular weight excluding hydrogens is 286 g/mol. The van der Waals surface area contributed by atoms with Gasteiger partial charge in [0.1, 0.15) is 0 Å². The number of amides is 1. The Labute approximate surface area is 109 Å². The number of nitrogens with zero attached hydrogens (tertiary/aromatic N) is 1. The van der Waals surface area contributed by atoms with E-state index in [1.165, 1.54) is 0 Å². The normalized spacial score (nSPS) is 16.4. The van der Waals surface area contributed by atoms with Crippen LogP contribution in [-0.4, -0.2) is 35.1 Å². The van der Waals surface area contributed by atoms with Gasteiger partial charge in [-0.2, -0.15) is 0 Å². The molecule has 1 aliphatic rings. The van der Waals surface area contributed by atoms with Crippen LogP contribution in [0.5, 0.6) is 0 Å². The molecule has 1 fully saturated rings. The Kier molecular flexibility index (Phi) is 4.23. The fraction of sp³-hybridized carbons (Fsp3) is 0.583. The van der Waals surface area contributed by atoms with Crippen molar-refractivity contribution in [2.45, 2.75) is 31.7 Å². The summed E-state index contributed by atoms with van der Waals surface area (Å²) in [6.45, 7) is 0.367. The number of aliphatic hydroxyl groups excluding tert-OH is 1. The zero-order valence-corrected chi connectivity index (χ0v) is 11.1. The molecule has 1 aromatic heterocycles. The van der Waals surface area contributed by atoms with E-state index in [9.17, 15) is 4.79 Å². The lowest BCUT2D eigenvalue weighted by Crippen LogP contribution is -2.40. The lowest BCUT2D eigenvalue weighted by molar-refractivity contribution is 0.0604. The van der Waals surface area contributed by atoms with Crippen molar-refractivity contribution in [2.75, 3.05) is 13.2 Å². The highest BCUT2D eigenvalue weighted by Gasteiger charge is 2.28. The van der Waals surface area contributed by atoms with Gasteiger partial charge in [0.2, 0.25) is 0 Å². The minimum absolute atomic E-state index is 0.00980. The third kappa shape index (κ3) is 2.90. The highest BCUT2D eigenvalue weighted by molar-refractivity contribution is 9.10. The van der Waals surface area contributed by atoms with Crippen molar-refractivity contribution in [3.8, 4) is 0 Å². The predicted molar refractivity (Wildman–Crippen MR) is 66.8 cm³/mol. The van der Waals surface area contributed by atoms with Crippen LogP contribution in [0.4, 0.5) is 0 Å². The summed E-state index contributed by atoms with van der Waals surface area (Å²) in [7, 11) is 0. The molecule has 0 saturated heterocycles. The first-order valence-corrected chi connectivity index (χ1v) is 6.69. The van der Waals surface area contributed by atoms with Gasteiger partial charge in [-0.05, 0) is 40.9 Å². The fourth-order valence-corrected chi connectivity index (χ4v) is 2.65. The number of carbonyl (C=O) groups excluding carboxylic acids is 1. The molecule has 0 unspecified atom stereocenters. The third-order valence-electron chi connectivity index (χ3n) is 3.15. The van der Waals surface area contributed by atoms with Gasteiger partial charge in [-0.15, -0.1) is 0 Å². The maximum atomic E-state index is 12.2. The number of rotatable bonds is 4. The van der Waals surface area contributed by atoms with Crippen LogP contribution in [0.1, 0.15) is 36.2 Å². The average Bonchev–Trinajstić information content (AvgIpc) is 2.95. The first kappa shape index (κ1) is 12.6. The molecular formula is C12H16BrNO3. The Balaban J connectivity index is 2.12. The highest BCUT2D eigenvalue weighted by Crippen LogP contribution is 2.25. The van der Waals surface area contributed by atoms with Gasteiger partial charge in [0.05, 0.1) is 6.61 Å². The molecule has 0 radical (unpaired) electrons. The molecule has 0 spiro atoms. The molecule has 1 N–H and O–H groups in total. The second-order valence-electron chi connectivity index (χ2n) is 4.26. The Hall–Kier alpha value is -0.810. The molecule has 1 amide bonds. The first-order valence-electron chi connectivity index (χ1n) is 5.89. The summed E-state index contributed by atoms with van der Waals surface area (Å²) in [6.07, 6.45) is 4.35. The van der Waals surface area contributed by atoms with Crippen molar-refractivity contribution in [3.63, 3.8) is 0 Å². The maximum Gasteiger partial charge on any atom is 0.289 e. The number of furan rings is 1. The first-order chi connectivity index (χ1) is 8.22. The molecule has 0 aliphatic heterocycles. The molecule has 5 heteroatoms. The van der Waals surface area contributed by atoms with Crippen LogP contribution in [0.15, 0.2) is 21.2 Å². The largest absolute Gasteiger partial charge is 0.444 e. The van der Waals surface area contributed by atoms with Crippen molar-refractivity contribution >= 4 is 21.8 Å². The second kappa shape index (κ2) is 5.69. The van der Waals surface area contributed by atoms with E-state index >= 15 is 0 Å². The lowest BCUT2D eigenvalue weighted by Gasteiger charge is -2.27. The molecule has 4 nitrogen and oxygen atoms in total. The molecule has 1 saturated carbocycles. The van der Waals surface area contributed by atoms with Gasteiger partial charge in [-0.25, -0.2) is 0 Å². The van der Waals surface area contributed by atoms with Crippen LogP contribution in [0, 0.1) is 0 Å². The van der Waals surface area contributed by atoms with E-state index in [1.54, 1.807) is 17.0 Å². The van der Waals surface area contributed by atoms with Gasteiger partial charge in [0, 0.05) is 12.6 Å². The Bertz CT molecular complexity index is 385. The summed E-state index contributed by atoms with van der Waals surface area (Å²) < 4.78 is 5.83. The van der Waals surface area contributed by atoms with Gasteiger partial charge < -0.3 is 14.4 Å². The molecule has 1 aliphatic carbocycles. The van der Waals surface area contributed by atoms with Gasteiger partial charge in [0.25, 0.3) is 5.91 Å². The zero-order valence-electron chi connectivity index (χ0n) is 9.56. The van der Waals surface area contributed by atoms with Gasteiger partial charge in [-0.3, -0.25) is 4.79 Å². The second-order valence-corrected chi connectivity index (χ2v) is 5.05. The average molecular weight is 302 g/mol. The molecule has 0 bridgehead atoms. The Morgan fingerprint density at radius 1 is 1.47 bits per heavy atom. The van der Waals surface area contributed by atoms with E-state index in [-0.39, 0.29) is 18.6 Å². The van der Waals surface area contributed by atoms with Crippen LogP contribution in [0.3, 0.4) is 0 Å². The van der Waals surface area contributed by atoms with Crippen molar-refractivity contribution in [2.24, 2.45) is 0 Å². The van der Waals surface area contributed by atoms with Crippen molar-refractivity contribution < 1.29 is 14.3 Å². The summed E-state index contributed by atoms with van der Waals surface area (Å²) in [5.74, 6) is 0.203. The molecule has 0 aromatic carbocycles. The maximum absolute atomic E-state index is 12.2. The van der Waals surface area contributed by atoms with E-state index in [0.29, 0.717) is 17.0 Å². The molecule has 1 aromatic rings. The fourth-order valence-electron chi connectivity index (χ4n) is 2.34. The number of halogens is 1. The standard InChI is InChI=1S/C12H16BrNO3/c13-11-6-5-10(17-11)12(16)14(7-8-15)9-3-1-2-4-9/h5-6,9,15H,1-4,7-8H2. The molecule has 17 heavy (non-hydrogen) atoms. The summed E-state index contributed by atoms with van der Waals surface area (Å²) >= 11 is 3.19. The molecule has 0 atom stereocenters. The molecule has 1 heterocycles. The van der Waals surface area contributed by atoms with Crippen LogP contribution in [-0.2, 0) is 0 Å². The smallest absolute Gasteiger partial charge is 0.289 e. The highest BCUT2D eigenvalue weighted by atomic mass is 79.9. The summed E-state index contributed by atoms with van der Waals surface area (Å²) in [5, 5.41) is 9.06. The van der Waals surface area contributed by atoms with Crippen molar-refractivity contribution in [1.82, 2.24) is 4.90 Å². The molecule has 2 rings (SSSR count). The third-order valence-corrected chi connectivity index (χ3v) is 3.58. The van der Waals surface area contributed by atoms with E-state index in [0.717, 1.165) is 25.7 Å². The van der Waals surface area contributed by atoms with E-state index in [2.05, 4.69) is 15.9 Å². The lowest BCUT2D eigenvalue weighted by atomic mass is 10.2. The Morgan fingerprint density at radius 2 is 2.18 bits per heavy atom. The number of hydrogen-bond donors (Lipinski definition) is 1. The zero-order chi connectivity index (χ0) is 12.3. The van der Waals surface area contributed by atoms with Crippen molar-refractivity contribution in [1.29, 1.82) is 0 Å². The number of hydrogen-bond acceptors (Lipinski definition) is 3.